The number of H-pyrrole nitrogens is 1. The topological polar surface area (TPSA) is 60.9 Å². The van der Waals surface area contributed by atoms with Crippen LogP contribution in [0.15, 0.2) is 48.8 Å². The molecule has 0 bridgehead atoms. The summed E-state index contributed by atoms with van der Waals surface area (Å²) in [5.74, 6) is 0.869. The van der Waals surface area contributed by atoms with E-state index in [2.05, 4.69) is 24.8 Å². The Morgan fingerprint density at radius 3 is 2.56 bits per heavy atom. The molecular weight excluding hydrogens is 319 g/mol. The van der Waals surface area contributed by atoms with Gasteiger partial charge in [0.1, 0.15) is 5.82 Å². The Bertz CT molecular complexity index is 826. The summed E-state index contributed by atoms with van der Waals surface area (Å²) < 4.78 is 13.2. The lowest BCUT2D eigenvalue weighted by Gasteiger charge is -2.34. The molecule has 1 N–H and O–H groups in total. The van der Waals surface area contributed by atoms with E-state index in [1.54, 1.807) is 0 Å². The number of anilines is 1. The van der Waals surface area contributed by atoms with Crippen molar-refractivity contribution >= 4 is 5.95 Å². The largest absolute Gasteiger partial charge is 0.341 e. The van der Waals surface area contributed by atoms with Crippen molar-refractivity contribution in [1.29, 1.82) is 0 Å². The molecule has 0 saturated carbocycles. The zero-order valence-corrected chi connectivity index (χ0v) is 13.8. The van der Waals surface area contributed by atoms with Crippen LogP contribution >= 0.6 is 0 Å². The minimum atomic E-state index is -0.488. The molecule has 4 rings (SSSR count). The number of benzene rings is 1. The summed E-state index contributed by atoms with van der Waals surface area (Å²) in [6.07, 6.45) is 3.35. The summed E-state index contributed by atoms with van der Waals surface area (Å²) in [6, 6.07) is 11.4. The van der Waals surface area contributed by atoms with Crippen molar-refractivity contribution < 1.29 is 4.39 Å². The molecule has 1 aliphatic heterocycles. The van der Waals surface area contributed by atoms with Gasteiger partial charge in [-0.3, -0.25) is 4.90 Å². The molecule has 3 heterocycles. The van der Waals surface area contributed by atoms with Crippen molar-refractivity contribution in [3.63, 3.8) is 0 Å². The average molecular weight is 338 g/mol. The highest BCUT2D eigenvalue weighted by Crippen LogP contribution is 2.17. The first kappa shape index (κ1) is 15.7. The van der Waals surface area contributed by atoms with Crippen LogP contribution in [0.4, 0.5) is 10.3 Å². The monoisotopic (exact) mass is 338 g/mol. The minimum Gasteiger partial charge on any atom is -0.341 e. The molecule has 1 aromatic carbocycles. The van der Waals surface area contributed by atoms with Crippen molar-refractivity contribution in [3.05, 3.63) is 60.4 Å². The van der Waals surface area contributed by atoms with Crippen molar-refractivity contribution in [3.8, 4) is 11.4 Å². The molecule has 1 aliphatic rings. The minimum absolute atomic E-state index is 0.465. The number of rotatable bonds is 4. The molecule has 0 unspecified atom stereocenters. The van der Waals surface area contributed by atoms with Crippen LogP contribution in [0.1, 0.15) is 5.69 Å². The standard InChI is InChI=1S/C18H19FN6/c19-16-6-7-20-18(23-16)25-10-8-24(9-11-25)13-15-12-21-17(22-15)14-4-2-1-3-5-14/h1-7,12H,8-11,13H2,(H,21,22). The molecule has 2 aromatic heterocycles. The summed E-state index contributed by atoms with van der Waals surface area (Å²) in [6.45, 7) is 4.13. The third-order valence-electron chi connectivity index (χ3n) is 4.33. The smallest absolute Gasteiger partial charge is 0.228 e. The lowest BCUT2D eigenvalue weighted by Crippen LogP contribution is -2.46. The Kier molecular flexibility index (Phi) is 4.39. The van der Waals surface area contributed by atoms with Gasteiger partial charge in [-0.2, -0.15) is 9.37 Å². The normalized spacial score (nSPS) is 15.5. The highest BCUT2D eigenvalue weighted by atomic mass is 19.1. The number of hydrogen-bond donors (Lipinski definition) is 1. The van der Waals surface area contributed by atoms with Crippen molar-refractivity contribution in [2.75, 3.05) is 31.1 Å². The number of nitrogens with zero attached hydrogens (tertiary/aromatic N) is 5. The Balaban J connectivity index is 1.35. The first-order chi connectivity index (χ1) is 12.3. The first-order valence-electron chi connectivity index (χ1n) is 8.33. The van der Waals surface area contributed by atoms with Gasteiger partial charge in [0.05, 0.1) is 0 Å². The van der Waals surface area contributed by atoms with Gasteiger partial charge in [0.25, 0.3) is 0 Å². The Hall–Kier alpha value is -2.80. The number of aromatic amines is 1. The van der Waals surface area contributed by atoms with Gasteiger partial charge >= 0.3 is 0 Å². The van der Waals surface area contributed by atoms with E-state index in [4.69, 9.17) is 0 Å². The fourth-order valence-corrected chi connectivity index (χ4v) is 3.01. The van der Waals surface area contributed by atoms with Gasteiger partial charge in [-0.15, -0.1) is 0 Å². The van der Waals surface area contributed by atoms with Gasteiger partial charge in [0.15, 0.2) is 0 Å². The van der Waals surface area contributed by atoms with Gasteiger partial charge in [-0.25, -0.2) is 9.97 Å². The molecule has 6 nitrogen and oxygen atoms in total. The van der Waals surface area contributed by atoms with Crippen LogP contribution in [0.3, 0.4) is 0 Å². The van der Waals surface area contributed by atoms with Gasteiger partial charge < -0.3 is 9.88 Å². The first-order valence-corrected chi connectivity index (χ1v) is 8.33. The number of halogens is 1. The molecule has 1 saturated heterocycles. The van der Waals surface area contributed by atoms with E-state index in [9.17, 15) is 4.39 Å². The second-order valence-corrected chi connectivity index (χ2v) is 6.07. The summed E-state index contributed by atoms with van der Waals surface area (Å²) in [7, 11) is 0. The SMILES string of the molecule is Fc1ccnc(N2CCN(Cc3cnc(-c4ccccc4)[nH]3)CC2)n1. The highest BCUT2D eigenvalue weighted by Gasteiger charge is 2.20. The highest BCUT2D eigenvalue weighted by molar-refractivity contribution is 5.54. The third kappa shape index (κ3) is 3.66. The summed E-state index contributed by atoms with van der Waals surface area (Å²) in [5, 5.41) is 0. The quantitative estimate of drug-likeness (QED) is 0.740. The summed E-state index contributed by atoms with van der Waals surface area (Å²) >= 11 is 0. The Labute approximate surface area is 145 Å². The zero-order chi connectivity index (χ0) is 17.1. The number of hydrogen-bond acceptors (Lipinski definition) is 5. The maximum absolute atomic E-state index is 13.2. The molecule has 0 atom stereocenters. The van der Waals surface area contributed by atoms with E-state index in [1.807, 2.05) is 41.4 Å². The van der Waals surface area contributed by atoms with E-state index >= 15 is 0 Å². The number of nitrogens with one attached hydrogen (secondary N) is 1. The predicted molar refractivity (Wildman–Crippen MR) is 93.5 cm³/mol. The van der Waals surface area contributed by atoms with Crippen LogP contribution in [0.5, 0.6) is 0 Å². The lowest BCUT2D eigenvalue weighted by atomic mass is 10.2. The predicted octanol–water partition coefficient (Wildman–Crippen LogP) is 2.33. The van der Waals surface area contributed by atoms with Gasteiger partial charge in [-0.1, -0.05) is 30.3 Å². The molecule has 25 heavy (non-hydrogen) atoms. The Morgan fingerprint density at radius 1 is 1.00 bits per heavy atom. The van der Waals surface area contributed by atoms with Crippen LogP contribution in [-0.2, 0) is 6.54 Å². The molecular formula is C18H19FN6. The maximum Gasteiger partial charge on any atom is 0.228 e. The number of aromatic nitrogens is 4. The number of imidazole rings is 1. The third-order valence-corrected chi connectivity index (χ3v) is 4.33. The molecule has 0 radical (unpaired) electrons. The van der Waals surface area contributed by atoms with Crippen LogP contribution in [0, 0.1) is 5.95 Å². The van der Waals surface area contributed by atoms with E-state index < -0.39 is 5.95 Å². The van der Waals surface area contributed by atoms with Crippen molar-refractivity contribution in [1.82, 2.24) is 24.8 Å². The molecule has 1 fully saturated rings. The van der Waals surface area contributed by atoms with Gasteiger partial charge in [0, 0.05) is 62.4 Å². The van der Waals surface area contributed by atoms with Gasteiger partial charge in [0.2, 0.25) is 11.9 Å². The van der Waals surface area contributed by atoms with Crippen molar-refractivity contribution in [2.45, 2.75) is 6.54 Å². The van der Waals surface area contributed by atoms with Crippen LogP contribution in [0.2, 0.25) is 0 Å². The lowest BCUT2D eigenvalue weighted by molar-refractivity contribution is 0.246. The average Bonchev–Trinajstić information content (AvgIpc) is 3.12. The fourth-order valence-electron chi connectivity index (χ4n) is 3.01. The Morgan fingerprint density at radius 2 is 1.80 bits per heavy atom. The van der Waals surface area contributed by atoms with E-state index in [-0.39, 0.29) is 0 Å². The number of piperazine rings is 1. The second-order valence-electron chi connectivity index (χ2n) is 6.07. The van der Waals surface area contributed by atoms with Gasteiger partial charge in [-0.05, 0) is 0 Å². The summed E-state index contributed by atoms with van der Waals surface area (Å²) in [5.41, 5.74) is 2.18. The van der Waals surface area contributed by atoms with E-state index in [0.29, 0.717) is 5.95 Å². The molecule has 0 spiro atoms. The van der Waals surface area contributed by atoms with Crippen molar-refractivity contribution in [2.24, 2.45) is 0 Å². The van der Waals surface area contributed by atoms with E-state index in [0.717, 1.165) is 49.8 Å². The van der Waals surface area contributed by atoms with Crippen LogP contribution < -0.4 is 4.90 Å². The second kappa shape index (κ2) is 6.98. The zero-order valence-electron chi connectivity index (χ0n) is 13.8. The maximum atomic E-state index is 13.2. The molecule has 0 amide bonds. The molecule has 0 aliphatic carbocycles. The summed E-state index contributed by atoms with van der Waals surface area (Å²) in [4.78, 5) is 20.2. The molecule has 7 heteroatoms. The van der Waals surface area contributed by atoms with Crippen LogP contribution in [0.25, 0.3) is 11.4 Å². The fraction of sp³-hybridized carbons (Fsp3) is 0.278. The molecule has 128 valence electrons. The van der Waals surface area contributed by atoms with Crippen LogP contribution in [-0.4, -0.2) is 51.0 Å². The molecule has 3 aromatic rings. The van der Waals surface area contributed by atoms with E-state index in [1.165, 1.54) is 12.3 Å².